The Morgan fingerprint density at radius 2 is 1.51 bits per heavy atom. The van der Waals surface area contributed by atoms with Crippen LogP contribution in [0.4, 0.5) is 0 Å². The summed E-state index contributed by atoms with van der Waals surface area (Å²) in [5, 5.41) is 19.3. The van der Waals surface area contributed by atoms with E-state index < -0.39 is 12.6 Å². The maximum Gasteiger partial charge on any atom is 0.248 e. The predicted octanol–water partition coefficient (Wildman–Crippen LogP) is 1.97. The van der Waals surface area contributed by atoms with Gasteiger partial charge in [-0.15, -0.1) is 0 Å². The second-order valence-corrected chi connectivity index (χ2v) is 9.11. The van der Waals surface area contributed by atoms with Crippen LogP contribution in [0, 0.1) is 11.3 Å². The second-order valence-electron chi connectivity index (χ2n) is 9.11. The Balaban J connectivity index is 0.000000223. The van der Waals surface area contributed by atoms with E-state index in [9.17, 15) is 9.59 Å². The fourth-order valence-electron chi connectivity index (χ4n) is 4.60. The number of benzene rings is 2. The second kappa shape index (κ2) is 13.5. The van der Waals surface area contributed by atoms with Crippen molar-refractivity contribution < 1.29 is 14.7 Å². The lowest BCUT2D eigenvalue weighted by atomic mass is 9.97. The van der Waals surface area contributed by atoms with Crippen molar-refractivity contribution in [1.29, 1.82) is 5.41 Å². The van der Waals surface area contributed by atoms with Crippen molar-refractivity contribution in [2.75, 3.05) is 32.8 Å². The van der Waals surface area contributed by atoms with Gasteiger partial charge in [-0.1, -0.05) is 60.7 Å². The first-order valence-corrected chi connectivity index (χ1v) is 12.3. The summed E-state index contributed by atoms with van der Waals surface area (Å²) in [5.74, 6) is -0.0322. The third kappa shape index (κ3) is 8.10. The molecule has 2 aliphatic rings. The van der Waals surface area contributed by atoms with Crippen LogP contribution in [0.25, 0.3) is 0 Å². The van der Waals surface area contributed by atoms with Gasteiger partial charge in [0.25, 0.3) is 0 Å². The van der Waals surface area contributed by atoms with Crippen molar-refractivity contribution in [2.24, 2.45) is 11.7 Å². The molecule has 0 bridgehead atoms. The summed E-state index contributed by atoms with van der Waals surface area (Å²) in [6.07, 6.45) is 4.26. The Bertz CT molecular complexity index is 908. The maximum atomic E-state index is 12.2. The summed E-state index contributed by atoms with van der Waals surface area (Å²) < 4.78 is 0. The molecule has 5 N–H and O–H groups in total. The van der Waals surface area contributed by atoms with E-state index in [-0.39, 0.29) is 17.8 Å². The van der Waals surface area contributed by atoms with E-state index in [1.165, 1.54) is 16.0 Å². The molecule has 1 atom stereocenters. The number of aliphatic hydroxyl groups is 1. The van der Waals surface area contributed by atoms with Gasteiger partial charge in [0.05, 0.1) is 0 Å². The highest BCUT2D eigenvalue weighted by molar-refractivity contribution is 5.88. The number of carbonyl (C=O) groups excluding carboxylic acids is 2. The lowest BCUT2D eigenvalue weighted by molar-refractivity contribution is -0.140. The largest absolute Gasteiger partial charge is 0.387 e. The molecule has 0 spiro atoms. The molecule has 4 rings (SSSR count). The van der Waals surface area contributed by atoms with Gasteiger partial charge in [0, 0.05) is 26.2 Å². The molecule has 2 heterocycles. The lowest BCUT2D eigenvalue weighted by Gasteiger charge is -2.32. The number of hydrogen-bond acceptors (Lipinski definition) is 4. The van der Waals surface area contributed by atoms with Crippen LogP contribution in [0.1, 0.15) is 36.8 Å². The van der Waals surface area contributed by atoms with Crippen LogP contribution < -0.4 is 11.1 Å². The van der Waals surface area contributed by atoms with Crippen molar-refractivity contribution in [3.8, 4) is 0 Å². The van der Waals surface area contributed by atoms with Crippen LogP contribution in [0.2, 0.25) is 0 Å². The van der Waals surface area contributed by atoms with Crippen LogP contribution in [0.15, 0.2) is 60.7 Å². The Hall–Kier alpha value is -3.39. The van der Waals surface area contributed by atoms with Gasteiger partial charge in [0.1, 0.15) is 12.6 Å². The Morgan fingerprint density at radius 1 is 0.943 bits per heavy atom. The molecule has 8 heteroatoms. The smallest absolute Gasteiger partial charge is 0.248 e. The molecule has 2 saturated heterocycles. The van der Waals surface area contributed by atoms with E-state index in [2.05, 4.69) is 66.0 Å². The van der Waals surface area contributed by atoms with Crippen molar-refractivity contribution in [1.82, 2.24) is 15.1 Å². The van der Waals surface area contributed by atoms with Gasteiger partial charge < -0.3 is 26.0 Å². The van der Waals surface area contributed by atoms with Crippen LogP contribution in [-0.2, 0) is 16.0 Å². The number of likely N-dealkylation sites (tertiary alicyclic amines) is 2. The maximum absolute atomic E-state index is 12.2. The molecule has 0 saturated carbocycles. The molecule has 0 radical (unpaired) electrons. The SMILES string of the molecule is N=C(N)N1CCC(CNC(=O)C2CCCN2C(=O)CO)CC1.c1ccc(Cc2ccccc2)cc1. The van der Waals surface area contributed by atoms with Gasteiger partial charge in [0.15, 0.2) is 5.96 Å². The van der Waals surface area contributed by atoms with Gasteiger partial charge in [-0.05, 0) is 49.1 Å². The quantitative estimate of drug-likeness (QED) is 0.373. The van der Waals surface area contributed by atoms with E-state index >= 15 is 0 Å². The molecule has 2 aromatic carbocycles. The van der Waals surface area contributed by atoms with Crippen LogP contribution in [-0.4, -0.2) is 71.5 Å². The zero-order valence-corrected chi connectivity index (χ0v) is 20.2. The number of amides is 2. The summed E-state index contributed by atoms with van der Waals surface area (Å²) in [6.45, 7) is 2.06. The topological polar surface area (TPSA) is 123 Å². The highest BCUT2D eigenvalue weighted by Gasteiger charge is 2.33. The average molecular weight is 480 g/mol. The summed E-state index contributed by atoms with van der Waals surface area (Å²) in [4.78, 5) is 27.1. The third-order valence-corrected chi connectivity index (χ3v) is 6.63. The Morgan fingerprint density at radius 3 is 2.03 bits per heavy atom. The third-order valence-electron chi connectivity index (χ3n) is 6.63. The fraction of sp³-hybridized carbons (Fsp3) is 0.444. The minimum atomic E-state index is -0.548. The van der Waals surface area contributed by atoms with Gasteiger partial charge in [-0.2, -0.15) is 0 Å². The first-order valence-electron chi connectivity index (χ1n) is 12.3. The Kier molecular flexibility index (Phi) is 10.1. The van der Waals surface area contributed by atoms with E-state index in [4.69, 9.17) is 16.2 Å². The number of guanidine groups is 1. The van der Waals surface area contributed by atoms with Crippen LogP contribution in [0.3, 0.4) is 0 Å². The van der Waals surface area contributed by atoms with E-state index in [0.29, 0.717) is 25.4 Å². The molecular formula is C27H37N5O3. The number of nitrogens with one attached hydrogen (secondary N) is 2. The minimum Gasteiger partial charge on any atom is -0.387 e. The molecule has 2 fully saturated rings. The zero-order chi connectivity index (χ0) is 25.0. The van der Waals surface area contributed by atoms with Crippen molar-refractivity contribution in [3.63, 3.8) is 0 Å². The molecule has 2 aliphatic heterocycles. The first-order chi connectivity index (χ1) is 17.0. The normalized spacial score (nSPS) is 17.9. The highest BCUT2D eigenvalue weighted by atomic mass is 16.3. The van der Waals surface area contributed by atoms with Gasteiger partial charge in [0.2, 0.25) is 11.8 Å². The molecule has 188 valence electrons. The Labute approximate surface area is 207 Å². The highest BCUT2D eigenvalue weighted by Crippen LogP contribution is 2.19. The number of nitrogens with two attached hydrogens (primary N) is 1. The predicted molar refractivity (Wildman–Crippen MR) is 137 cm³/mol. The summed E-state index contributed by atoms with van der Waals surface area (Å²) in [5.41, 5.74) is 8.19. The van der Waals surface area contributed by atoms with E-state index in [0.717, 1.165) is 38.8 Å². The van der Waals surface area contributed by atoms with E-state index in [1.54, 1.807) is 0 Å². The number of nitrogens with zero attached hydrogens (tertiary/aromatic N) is 2. The molecular weight excluding hydrogens is 442 g/mol. The number of aliphatic hydroxyl groups excluding tert-OH is 1. The molecule has 2 aromatic rings. The summed E-state index contributed by atoms with van der Waals surface area (Å²) in [6, 6.07) is 20.6. The molecule has 35 heavy (non-hydrogen) atoms. The molecule has 0 aromatic heterocycles. The summed E-state index contributed by atoms with van der Waals surface area (Å²) in [7, 11) is 0. The van der Waals surface area contributed by atoms with Gasteiger partial charge >= 0.3 is 0 Å². The minimum absolute atomic E-state index is 0.103. The lowest BCUT2D eigenvalue weighted by Crippen LogP contribution is -2.49. The average Bonchev–Trinajstić information content (AvgIpc) is 3.39. The van der Waals surface area contributed by atoms with Gasteiger partial charge in [-0.25, -0.2) is 0 Å². The zero-order valence-electron chi connectivity index (χ0n) is 20.2. The van der Waals surface area contributed by atoms with Crippen molar-refractivity contribution in [2.45, 2.75) is 38.1 Å². The number of carbonyl (C=O) groups is 2. The number of hydrogen-bond donors (Lipinski definition) is 4. The standard InChI is InChI=1S/C14H25N5O3.C13H12/c15-14(16)18-6-3-10(4-7-18)8-17-13(22)11-2-1-5-19(11)12(21)9-20;1-3-7-12(8-4-1)11-13-9-5-2-6-10-13/h10-11,20H,1-9H2,(H3,15,16)(H,17,22);1-10H,11H2. The summed E-state index contributed by atoms with van der Waals surface area (Å²) >= 11 is 0. The van der Waals surface area contributed by atoms with Crippen LogP contribution >= 0.6 is 0 Å². The van der Waals surface area contributed by atoms with E-state index in [1.807, 2.05) is 4.90 Å². The molecule has 8 nitrogen and oxygen atoms in total. The fourth-order valence-corrected chi connectivity index (χ4v) is 4.60. The first kappa shape index (κ1) is 26.2. The number of piperidine rings is 1. The number of rotatable bonds is 6. The molecule has 0 aliphatic carbocycles. The monoisotopic (exact) mass is 479 g/mol. The van der Waals surface area contributed by atoms with Gasteiger partial charge in [-0.3, -0.25) is 15.0 Å². The molecule has 2 amide bonds. The van der Waals surface area contributed by atoms with Crippen LogP contribution in [0.5, 0.6) is 0 Å². The van der Waals surface area contributed by atoms with Crippen molar-refractivity contribution in [3.05, 3.63) is 71.8 Å². The van der Waals surface area contributed by atoms with Crippen molar-refractivity contribution >= 4 is 17.8 Å². The molecule has 1 unspecified atom stereocenters.